The van der Waals surface area contributed by atoms with Crippen LogP contribution in [0.2, 0.25) is 0 Å². The van der Waals surface area contributed by atoms with Crippen molar-refractivity contribution in [2.75, 3.05) is 13.2 Å². The van der Waals surface area contributed by atoms with Gasteiger partial charge < -0.3 is 9.84 Å². The normalized spacial score (nSPS) is 20.9. The quantitative estimate of drug-likeness (QED) is 0.727. The lowest BCUT2D eigenvalue weighted by molar-refractivity contribution is -0.148. The van der Waals surface area contributed by atoms with Gasteiger partial charge in [-0.15, -0.1) is 0 Å². The number of rotatable bonds is 4. The predicted molar refractivity (Wildman–Crippen MR) is 48.5 cm³/mol. The van der Waals surface area contributed by atoms with Crippen molar-refractivity contribution < 1.29 is 31.8 Å². The molecule has 9 heteroatoms. The van der Waals surface area contributed by atoms with E-state index in [1.54, 1.807) is 4.72 Å². The molecule has 0 atom stereocenters. The topological polar surface area (TPSA) is 92.7 Å². The maximum Gasteiger partial charge on any atom is 0.350 e. The zero-order chi connectivity index (χ0) is 12.4. The van der Waals surface area contributed by atoms with Crippen LogP contribution >= 0.6 is 0 Å². The molecule has 1 heterocycles. The molecule has 1 aliphatic heterocycles. The van der Waals surface area contributed by atoms with Gasteiger partial charge in [0.05, 0.1) is 0 Å². The number of carboxylic acids is 1. The number of alkyl halides is 2. The number of hydrogen-bond acceptors (Lipinski definition) is 4. The van der Waals surface area contributed by atoms with Crippen LogP contribution in [0.4, 0.5) is 8.78 Å². The van der Waals surface area contributed by atoms with E-state index in [1.807, 2.05) is 0 Å². The van der Waals surface area contributed by atoms with Gasteiger partial charge in [0.2, 0.25) is 0 Å². The van der Waals surface area contributed by atoms with Crippen molar-refractivity contribution in [2.45, 2.75) is 24.1 Å². The highest BCUT2D eigenvalue weighted by atomic mass is 32.2. The maximum atomic E-state index is 12.1. The highest BCUT2D eigenvalue weighted by molar-refractivity contribution is 7.89. The first-order valence-electron chi connectivity index (χ1n) is 4.42. The first-order chi connectivity index (χ1) is 7.30. The number of aliphatic carboxylic acids is 1. The molecule has 0 unspecified atom stereocenters. The van der Waals surface area contributed by atoms with Gasteiger partial charge in [0.15, 0.2) is 0 Å². The summed E-state index contributed by atoms with van der Waals surface area (Å²) in [5.74, 6) is -5.12. The molecule has 1 fully saturated rings. The zero-order valence-electron chi connectivity index (χ0n) is 8.15. The van der Waals surface area contributed by atoms with Gasteiger partial charge in [0.1, 0.15) is 5.54 Å². The van der Waals surface area contributed by atoms with Crippen molar-refractivity contribution in [3.63, 3.8) is 0 Å². The molecule has 0 spiro atoms. The Morgan fingerprint density at radius 2 is 1.88 bits per heavy atom. The lowest BCUT2D eigenvalue weighted by Gasteiger charge is -2.33. The number of carbonyl (C=O) groups is 1. The molecule has 0 radical (unpaired) electrons. The first-order valence-corrected chi connectivity index (χ1v) is 5.97. The largest absolute Gasteiger partial charge is 0.480 e. The molecule has 1 aliphatic rings. The second-order valence-electron chi connectivity index (χ2n) is 3.41. The molecular formula is C7H11F2NO5S. The number of ether oxygens (including phenoxy) is 1. The van der Waals surface area contributed by atoms with Crippen LogP contribution in [0, 0.1) is 0 Å². The van der Waals surface area contributed by atoms with Crippen molar-refractivity contribution in [1.82, 2.24) is 4.72 Å². The van der Waals surface area contributed by atoms with Gasteiger partial charge in [0, 0.05) is 26.1 Å². The van der Waals surface area contributed by atoms with E-state index >= 15 is 0 Å². The SMILES string of the molecule is O=C(O)C1(NS(=O)(=O)C(F)F)CCOCC1. The van der Waals surface area contributed by atoms with Crippen LogP contribution in [-0.4, -0.2) is 44.0 Å². The minimum atomic E-state index is -4.92. The molecule has 0 aromatic rings. The Labute approximate surface area is 90.6 Å². The van der Waals surface area contributed by atoms with Crippen molar-refractivity contribution in [2.24, 2.45) is 0 Å². The lowest BCUT2D eigenvalue weighted by Crippen LogP contribution is -2.58. The summed E-state index contributed by atoms with van der Waals surface area (Å²) in [7, 11) is -4.92. The fraction of sp³-hybridized carbons (Fsp3) is 0.857. The summed E-state index contributed by atoms with van der Waals surface area (Å²) >= 11 is 0. The molecule has 94 valence electrons. The summed E-state index contributed by atoms with van der Waals surface area (Å²) in [5, 5.41) is 8.91. The highest BCUT2D eigenvalue weighted by Gasteiger charge is 2.45. The van der Waals surface area contributed by atoms with Gasteiger partial charge in [-0.25, -0.2) is 8.42 Å². The summed E-state index contributed by atoms with van der Waals surface area (Å²) in [6.45, 7) is 0.0239. The van der Waals surface area contributed by atoms with Crippen molar-refractivity contribution in [1.29, 1.82) is 0 Å². The molecule has 2 N–H and O–H groups in total. The molecule has 0 aromatic heterocycles. The van der Waals surface area contributed by atoms with E-state index in [0.717, 1.165) is 0 Å². The summed E-state index contributed by atoms with van der Waals surface area (Å²) in [5.41, 5.74) is -1.88. The number of hydrogen-bond donors (Lipinski definition) is 2. The van der Waals surface area contributed by atoms with E-state index in [2.05, 4.69) is 0 Å². The Kier molecular flexibility index (Phi) is 3.81. The average molecular weight is 259 g/mol. The standard InChI is InChI=1S/C7H11F2NO5S/c8-6(9)16(13,14)10-7(5(11)12)1-3-15-4-2-7/h6,10H,1-4H2,(H,11,12). The number of sulfonamides is 1. The summed E-state index contributed by atoms with van der Waals surface area (Å²) < 4.78 is 52.6. The van der Waals surface area contributed by atoms with Gasteiger partial charge in [-0.05, 0) is 0 Å². The molecule has 0 saturated carbocycles. The Bertz CT molecular complexity index is 363. The van der Waals surface area contributed by atoms with E-state index in [9.17, 15) is 22.0 Å². The minimum Gasteiger partial charge on any atom is -0.480 e. The molecule has 0 amide bonds. The van der Waals surface area contributed by atoms with E-state index in [0.29, 0.717) is 0 Å². The Morgan fingerprint density at radius 3 is 2.25 bits per heavy atom. The van der Waals surface area contributed by atoms with Crippen LogP contribution in [0.1, 0.15) is 12.8 Å². The minimum absolute atomic E-state index is 0.0120. The van der Waals surface area contributed by atoms with Crippen molar-refractivity contribution >= 4 is 16.0 Å². The van der Waals surface area contributed by atoms with Crippen molar-refractivity contribution in [3.05, 3.63) is 0 Å². The van der Waals surface area contributed by atoms with Crippen LogP contribution in [0.3, 0.4) is 0 Å². The van der Waals surface area contributed by atoms with Crippen LogP contribution in [0.25, 0.3) is 0 Å². The van der Waals surface area contributed by atoms with Crippen LogP contribution in [0.15, 0.2) is 0 Å². The fourth-order valence-corrected chi connectivity index (χ4v) is 2.32. The lowest BCUT2D eigenvalue weighted by atomic mass is 9.92. The zero-order valence-corrected chi connectivity index (χ0v) is 8.97. The number of carboxylic acid groups (broad SMARTS) is 1. The van der Waals surface area contributed by atoms with E-state index in [1.165, 1.54) is 0 Å². The van der Waals surface area contributed by atoms with Crippen LogP contribution < -0.4 is 4.72 Å². The van der Waals surface area contributed by atoms with Crippen LogP contribution in [0.5, 0.6) is 0 Å². The molecule has 16 heavy (non-hydrogen) atoms. The Hall–Kier alpha value is -0.800. The Morgan fingerprint density at radius 1 is 1.38 bits per heavy atom. The summed E-state index contributed by atoms with van der Waals surface area (Å²) in [6.07, 6.45) is -0.345. The monoisotopic (exact) mass is 259 g/mol. The fourth-order valence-electron chi connectivity index (χ4n) is 1.40. The van der Waals surface area contributed by atoms with Gasteiger partial charge in [-0.1, -0.05) is 0 Å². The van der Waals surface area contributed by atoms with Crippen molar-refractivity contribution in [3.8, 4) is 0 Å². The van der Waals surface area contributed by atoms with E-state index in [4.69, 9.17) is 9.84 Å². The third kappa shape index (κ3) is 2.66. The molecular weight excluding hydrogens is 248 g/mol. The Balaban J connectivity index is 2.92. The third-order valence-corrected chi connectivity index (χ3v) is 3.47. The van der Waals surface area contributed by atoms with Gasteiger partial charge in [-0.3, -0.25) is 4.79 Å². The molecule has 0 aliphatic carbocycles. The van der Waals surface area contributed by atoms with Crippen LogP contribution in [-0.2, 0) is 19.6 Å². The molecule has 1 rings (SSSR count). The average Bonchev–Trinajstić information content (AvgIpc) is 2.18. The second-order valence-corrected chi connectivity index (χ2v) is 5.06. The molecule has 6 nitrogen and oxygen atoms in total. The smallest absolute Gasteiger partial charge is 0.350 e. The maximum absolute atomic E-state index is 12.1. The van der Waals surface area contributed by atoms with E-state index < -0.39 is 27.3 Å². The highest BCUT2D eigenvalue weighted by Crippen LogP contribution is 2.23. The third-order valence-electron chi connectivity index (χ3n) is 2.33. The van der Waals surface area contributed by atoms with Gasteiger partial charge in [0.25, 0.3) is 10.0 Å². The summed E-state index contributed by atoms with van der Waals surface area (Å²) in [6, 6.07) is 0. The number of halogens is 2. The number of nitrogens with one attached hydrogen (secondary N) is 1. The second kappa shape index (κ2) is 4.60. The molecule has 0 aromatic carbocycles. The predicted octanol–water partition coefficient (Wildman–Crippen LogP) is -0.238. The van der Waals surface area contributed by atoms with Gasteiger partial charge >= 0.3 is 11.7 Å². The molecule has 1 saturated heterocycles. The van der Waals surface area contributed by atoms with Gasteiger partial charge in [-0.2, -0.15) is 13.5 Å². The first kappa shape index (κ1) is 13.3. The summed E-state index contributed by atoms with van der Waals surface area (Å²) in [4.78, 5) is 10.9. The van der Waals surface area contributed by atoms with E-state index in [-0.39, 0.29) is 26.1 Å². The molecule has 0 bridgehead atoms.